The van der Waals surface area contributed by atoms with Crippen LogP contribution in [0, 0.1) is 6.92 Å². The Morgan fingerprint density at radius 2 is 2.06 bits per heavy atom. The molecule has 6 nitrogen and oxygen atoms in total. The summed E-state index contributed by atoms with van der Waals surface area (Å²) in [6, 6.07) is 12.8. The van der Waals surface area contributed by atoms with Crippen LogP contribution in [0.15, 0.2) is 60.0 Å². The number of thiocarbonyl (C=S) groups is 1. The fourth-order valence-corrected chi connectivity index (χ4v) is 4.17. The summed E-state index contributed by atoms with van der Waals surface area (Å²) >= 11 is 6.50. The van der Waals surface area contributed by atoms with Crippen LogP contribution in [-0.4, -0.2) is 41.3 Å². The van der Waals surface area contributed by atoms with Gasteiger partial charge in [-0.15, -0.1) is 6.58 Å². The second-order valence-electron chi connectivity index (χ2n) is 6.70. The van der Waals surface area contributed by atoms with Gasteiger partial charge in [0.1, 0.15) is 4.32 Å². The Hall–Kier alpha value is -3.10. The van der Waals surface area contributed by atoms with Crippen molar-refractivity contribution in [2.24, 2.45) is 0 Å². The van der Waals surface area contributed by atoms with Gasteiger partial charge in [0.05, 0.1) is 12.0 Å². The smallest absolute Gasteiger partial charge is 0.266 e. The van der Waals surface area contributed by atoms with E-state index in [0.717, 1.165) is 11.1 Å². The standard InChI is InChI=1S/C23H22N2O4S2/c1-4-10-25-22(27)20(31-23(25)30)13-16-8-9-18(19(12-16)28-3)29-14-21(26)24-17-7-5-6-15(2)11-17/h4-9,11-13H,1,10,14H2,2-3H3,(H,24,26)/b20-13+. The fraction of sp³-hybridized carbons (Fsp3) is 0.174. The van der Waals surface area contributed by atoms with E-state index in [1.54, 1.807) is 30.4 Å². The maximum atomic E-state index is 12.5. The topological polar surface area (TPSA) is 67.9 Å². The average molecular weight is 455 g/mol. The lowest BCUT2D eigenvalue weighted by Crippen LogP contribution is -2.27. The van der Waals surface area contributed by atoms with Gasteiger partial charge in [-0.1, -0.05) is 48.3 Å². The molecule has 1 N–H and O–H groups in total. The minimum atomic E-state index is -0.275. The second-order valence-corrected chi connectivity index (χ2v) is 8.37. The number of carbonyl (C=O) groups excluding carboxylic acids is 2. The Labute approximate surface area is 190 Å². The van der Waals surface area contributed by atoms with Gasteiger partial charge in [0.15, 0.2) is 18.1 Å². The van der Waals surface area contributed by atoms with E-state index in [-0.39, 0.29) is 18.4 Å². The van der Waals surface area contributed by atoms with Gasteiger partial charge in [0.2, 0.25) is 0 Å². The summed E-state index contributed by atoms with van der Waals surface area (Å²) < 4.78 is 11.5. The highest BCUT2D eigenvalue weighted by Crippen LogP contribution is 2.34. The minimum absolute atomic E-state index is 0.151. The van der Waals surface area contributed by atoms with Gasteiger partial charge in [-0.25, -0.2) is 0 Å². The molecule has 0 bridgehead atoms. The SMILES string of the molecule is C=CCN1C(=O)/C(=C\c2ccc(OCC(=O)Nc3cccc(C)c3)c(OC)c2)SC1=S. The van der Waals surface area contributed by atoms with Gasteiger partial charge < -0.3 is 14.8 Å². The van der Waals surface area contributed by atoms with Crippen LogP contribution in [0.2, 0.25) is 0 Å². The Bertz CT molecular complexity index is 1070. The number of aryl methyl sites for hydroxylation is 1. The van der Waals surface area contributed by atoms with E-state index in [0.29, 0.717) is 33.0 Å². The zero-order valence-electron chi connectivity index (χ0n) is 17.2. The number of nitrogens with zero attached hydrogens (tertiary/aromatic N) is 1. The van der Waals surface area contributed by atoms with Crippen LogP contribution in [0.3, 0.4) is 0 Å². The van der Waals surface area contributed by atoms with Crippen molar-refractivity contribution in [1.82, 2.24) is 4.90 Å². The molecule has 2 aromatic carbocycles. The predicted molar refractivity (Wildman–Crippen MR) is 128 cm³/mol. The molecule has 8 heteroatoms. The fourth-order valence-electron chi connectivity index (χ4n) is 2.89. The minimum Gasteiger partial charge on any atom is -0.493 e. The lowest BCUT2D eigenvalue weighted by atomic mass is 10.2. The van der Waals surface area contributed by atoms with Gasteiger partial charge in [-0.2, -0.15) is 0 Å². The number of rotatable bonds is 8. The molecule has 1 heterocycles. The van der Waals surface area contributed by atoms with E-state index in [2.05, 4.69) is 11.9 Å². The van der Waals surface area contributed by atoms with Crippen molar-refractivity contribution in [2.75, 3.05) is 25.6 Å². The third kappa shape index (κ3) is 5.74. The predicted octanol–water partition coefficient (Wildman–Crippen LogP) is 4.41. The maximum absolute atomic E-state index is 12.5. The van der Waals surface area contributed by atoms with E-state index >= 15 is 0 Å². The summed E-state index contributed by atoms with van der Waals surface area (Å²) in [6.07, 6.45) is 3.39. The van der Waals surface area contributed by atoms with E-state index in [9.17, 15) is 9.59 Å². The number of amides is 2. The highest BCUT2D eigenvalue weighted by atomic mass is 32.2. The van der Waals surface area contributed by atoms with Crippen molar-refractivity contribution >= 4 is 51.9 Å². The summed E-state index contributed by atoms with van der Waals surface area (Å²) in [7, 11) is 1.52. The normalized spacial score (nSPS) is 14.6. The first kappa shape index (κ1) is 22.6. The Balaban J connectivity index is 1.67. The zero-order chi connectivity index (χ0) is 22.4. The molecule has 3 rings (SSSR count). The van der Waals surface area contributed by atoms with Crippen molar-refractivity contribution < 1.29 is 19.1 Å². The van der Waals surface area contributed by atoms with Crippen molar-refractivity contribution in [3.8, 4) is 11.5 Å². The molecule has 0 aliphatic carbocycles. The van der Waals surface area contributed by atoms with Crippen molar-refractivity contribution in [3.05, 3.63) is 71.2 Å². The molecule has 0 aromatic heterocycles. The Morgan fingerprint density at radius 3 is 2.77 bits per heavy atom. The van der Waals surface area contributed by atoms with Crippen molar-refractivity contribution in [3.63, 3.8) is 0 Å². The number of anilines is 1. The van der Waals surface area contributed by atoms with Crippen LogP contribution in [0.25, 0.3) is 6.08 Å². The third-order valence-electron chi connectivity index (χ3n) is 4.33. The first-order chi connectivity index (χ1) is 14.9. The molecule has 0 radical (unpaired) electrons. The number of hydrogen-bond acceptors (Lipinski definition) is 6. The molecule has 0 spiro atoms. The molecule has 2 amide bonds. The first-order valence-corrected chi connectivity index (χ1v) is 10.7. The molecule has 0 saturated carbocycles. The molecular weight excluding hydrogens is 432 g/mol. The van der Waals surface area contributed by atoms with Gasteiger partial charge >= 0.3 is 0 Å². The number of thioether (sulfide) groups is 1. The molecule has 2 aromatic rings. The molecule has 31 heavy (non-hydrogen) atoms. The number of benzene rings is 2. The molecule has 1 saturated heterocycles. The molecule has 1 fully saturated rings. The Kier molecular flexibility index (Phi) is 7.49. The summed E-state index contributed by atoms with van der Waals surface area (Å²) in [5, 5.41) is 2.80. The molecule has 0 atom stereocenters. The van der Waals surface area contributed by atoms with Crippen LogP contribution >= 0.6 is 24.0 Å². The average Bonchev–Trinajstić information content (AvgIpc) is 3.00. The van der Waals surface area contributed by atoms with Crippen LogP contribution < -0.4 is 14.8 Å². The second kappa shape index (κ2) is 10.3. The summed E-state index contributed by atoms with van der Waals surface area (Å²) in [6.45, 7) is 5.82. The highest BCUT2D eigenvalue weighted by Gasteiger charge is 2.31. The van der Waals surface area contributed by atoms with E-state index in [4.69, 9.17) is 21.7 Å². The highest BCUT2D eigenvalue weighted by molar-refractivity contribution is 8.26. The monoisotopic (exact) mass is 454 g/mol. The number of ether oxygens (including phenoxy) is 2. The Morgan fingerprint density at radius 1 is 1.26 bits per heavy atom. The first-order valence-electron chi connectivity index (χ1n) is 9.45. The van der Waals surface area contributed by atoms with Crippen LogP contribution in [0.5, 0.6) is 11.5 Å². The molecule has 0 unspecified atom stereocenters. The van der Waals surface area contributed by atoms with Gasteiger partial charge in [-0.3, -0.25) is 14.5 Å². The molecule has 160 valence electrons. The number of hydrogen-bond donors (Lipinski definition) is 1. The van der Waals surface area contributed by atoms with Gasteiger partial charge in [0.25, 0.3) is 11.8 Å². The van der Waals surface area contributed by atoms with E-state index in [1.807, 2.05) is 31.2 Å². The van der Waals surface area contributed by atoms with Gasteiger partial charge in [-0.05, 0) is 48.4 Å². The molecular formula is C23H22N2O4S2. The van der Waals surface area contributed by atoms with Crippen molar-refractivity contribution in [2.45, 2.75) is 6.92 Å². The lowest BCUT2D eigenvalue weighted by Gasteiger charge is -2.12. The van der Waals surface area contributed by atoms with Gasteiger partial charge in [0, 0.05) is 12.2 Å². The molecule has 1 aliphatic heterocycles. The summed E-state index contributed by atoms with van der Waals surface area (Å²) in [5.74, 6) is 0.460. The summed E-state index contributed by atoms with van der Waals surface area (Å²) in [5.41, 5.74) is 2.52. The molecule has 1 aliphatic rings. The number of nitrogens with one attached hydrogen (secondary N) is 1. The zero-order valence-corrected chi connectivity index (χ0v) is 18.8. The third-order valence-corrected chi connectivity index (χ3v) is 5.71. The number of methoxy groups -OCH3 is 1. The lowest BCUT2D eigenvalue weighted by molar-refractivity contribution is -0.121. The van der Waals surface area contributed by atoms with Crippen LogP contribution in [-0.2, 0) is 9.59 Å². The quantitative estimate of drug-likeness (QED) is 0.362. The maximum Gasteiger partial charge on any atom is 0.266 e. The van der Waals surface area contributed by atoms with Crippen LogP contribution in [0.1, 0.15) is 11.1 Å². The van der Waals surface area contributed by atoms with E-state index < -0.39 is 0 Å². The summed E-state index contributed by atoms with van der Waals surface area (Å²) in [4.78, 5) is 26.7. The van der Waals surface area contributed by atoms with Crippen molar-refractivity contribution in [1.29, 1.82) is 0 Å². The largest absolute Gasteiger partial charge is 0.493 e. The van der Waals surface area contributed by atoms with E-state index in [1.165, 1.54) is 23.8 Å². The van der Waals surface area contributed by atoms with Crippen LogP contribution in [0.4, 0.5) is 5.69 Å². The number of carbonyl (C=O) groups is 2.